The maximum absolute atomic E-state index is 3.26. The zero-order valence-electron chi connectivity index (χ0n) is 3.36. The van der Waals surface area contributed by atoms with Gasteiger partial charge in [-0.05, 0) is 13.0 Å². The summed E-state index contributed by atoms with van der Waals surface area (Å²) in [6.07, 6.45) is 4.05. The van der Waals surface area contributed by atoms with E-state index in [4.69, 9.17) is 0 Å². The molecule has 5 heavy (non-hydrogen) atoms. The lowest BCUT2D eigenvalue weighted by atomic mass is 10.6. The highest BCUT2D eigenvalue weighted by molar-refractivity contribution is 6.09. The number of allylic oxidation sites excluding steroid dienone is 2. The van der Waals surface area contributed by atoms with Crippen LogP contribution in [0.4, 0.5) is 0 Å². The van der Waals surface area contributed by atoms with Crippen LogP contribution in [0.1, 0.15) is 6.92 Å². The van der Waals surface area contributed by atoms with Crippen LogP contribution in [0.15, 0.2) is 12.2 Å². The molecule has 0 aliphatic carbocycles. The molecule has 0 aromatic carbocycles. The summed E-state index contributed by atoms with van der Waals surface area (Å²) in [5.74, 6) is 0. The molecule has 0 amide bonds. The van der Waals surface area contributed by atoms with Gasteiger partial charge in [0.25, 0.3) is 0 Å². The summed E-state index contributed by atoms with van der Waals surface area (Å²) < 4.78 is 0. The first-order valence-corrected chi connectivity index (χ1v) is 2.38. The SMILES string of the molecule is C/C=C\C[Si]. The van der Waals surface area contributed by atoms with E-state index in [0.717, 1.165) is 6.04 Å². The van der Waals surface area contributed by atoms with Crippen molar-refractivity contribution >= 4 is 10.2 Å². The predicted molar refractivity (Wildman–Crippen MR) is 25.4 cm³/mol. The number of hydrogen-bond donors (Lipinski definition) is 0. The Labute approximate surface area is 36.3 Å². The first-order valence-electron chi connectivity index (χ1n) is 1.67. The fourth-order valence-electron chi connectivity index (χ4n) is 0.118. The van der Waals surface area contributed by atoms with E-state index in [1.54, 1.807) is 0 Å². The van der Waals surface area contributed by atoms with Crippen molar-refractivity contribution in [3.05, 3.63) is 12.2 Å². The average molecular weight is 83.2 g/mol. The molecule has 27 valence electrons. The Kier molecular flexibility index (Phi) is 3.92. The Balaban J connectivity index is 2.62. The largest absolute Gasteiger partial charge is 0.0922 e. The van der Waals surface area contributed by atoms with Gasteiger partial charge in [-0.1, -0.05) is 12.2 Å². The fourth-order valence-corrected chi connectivity index (χ4v) is 0.354. The number of hydrogen-bond acceptors (Lipinski definition) is 0. The van der Waals surface area contributed by atoms with Crippen molar-refractivity contribution in [3.8, 4) is 0 Å². The van der Waals surface area contributed by atoms with E-state index in [9.17, 15) is 0 Å². The van der Waals surface area contributed by atoms with Crippen LogP contribution in [0.5, 0.6) is 0 Å². The van der Waals surface area contributed by atoms with Gasteiger partial charge in [0.1, 0.15) is 0 Å². The van der Waals surface area contributed by atoms with Gasteiger partial charge in [-0.2, -0.15) is 0 Å². The smallest absolute Gasteiger partial charge is 0.0275 e. The van der Waals surface area contributed by atoms with Crippen molar-refractivity contribution < 1.29 is 0 Å². The van der Waals surface area contributed by atoms with E-state index in [2.05, 4.69) is 10.2 Å². The van der Waals surface area contributed by atoms with Gasteiger partial charge in [-0.25, -0.2) is 0 Å². The van der Waals surface area contributed by atoms with Crippen molar-refractivity contribution in [3.63, 3.8) is 0 Å². The third-order valence-corrected chi connectivity index (χ3v) is 0.589. The lowest BCUT2D eigenvalue weighted by Gasteiger charge is -1.64. The summed E-state index contributed by atoms with van der Waals surface area (Å²) in [5.41, 5.74) is 0. The van der Waals surface area contributed by atoms with Crippen LogP contribution in [0.25, 0.3) is 0 Å². The second-order valence-electron chi connectivity index (χ2n) is 0.773. The van der Waals surface area contributed by atoms with Gasteiger partial charge in [0.05, 0.1) is 0 Å². The monoisotopic (exact) mass is 83.0 g/mol. The predicted octanol–water partition coefficient (Wildman–Crippen LogP) is 1.15. The van der Waals surface area contributed by atoms with E-state index in [1.165, 1.54) is 0 Å². The van der Waals surface area contributed by atoms with Crippen LogP contribution in [-0.4, -0.2) is 10.2 Å². The minimum atomic E-state index is 0.969. The Morgan fingerprint density at radius 2 is 2.40 bits per heavy atom. The zero-order valence-corrected chi connectivity index (χ0v) is 4.36. The molecule has 0 atom stereocenters. The highest BCUT2D eigenvalue weighted by atomic mass is 28.1. The summed E-state index contributed by atoms with van der Waals surface area (Å²) in [6, 6.07) is 0.969. The number of rotatable bonds is 1. The lowest BCUT2D eigenvalue weighted by Crippen LogP contribution is -1.51. The van der Waals surface area contributed by atoms with Crippen LogP contribution in [0, 0.1) is 0 Å². The third kappa shape index (κ3) is 3.96. The lowest BCUT2D eigenvalue weighted by molar-refractivity contribution is 1.63. The third-order valence-electron chi connectivity index (χ3n) is 0.354. The molecule has 0 fully saturated rings. The molecular formula is C4H7Si. The minimum absolute atomic E-state index is 0.969. The van der Waals surface area contributed by atoms with E-state index in [-0.39, 0.29) is 0 Å². The molecule has 0 rings (SSSR count). The minimum Gasteiger partial charge on any atom is -0.0922 e. The Morgan fingerprint density at radius 1 is 1.80 bits per heavy atom. The highest BCUT2D eigenvalue weighted by Gasteiger charge is 1.53. The van der Waals surface area contributed by atoms with Gasteiger partial charge < -0.3 is 0 Å². The molecule has 0 spiro atoms. The standard InChI is InChI=1S/C4H7Si/c1-2-3-4-5/h2-3H,4H2,1H3/b3-2-. The summed E-state index contributed by atoms with van der Waals surface area (Å²) >= 11 is 0. The topological polar surface area (TPSA) is 0 Å². The molecular weight excluding hydrogens is 76.1 g/mol. The molecule has 0 bridgehead atoms. The maximum Gasteiger partial charge on any atom is 0.0275 e. The van der Waals surface area contributed by atoms with Crippen molar-refractivity contribution in [2.24, 2.45) is 0 Å². The van der Waals surface area contributed by atoms with Gasteiger partial charge in [0, 0.05) is 10.2 Å². The van der Waals surface area contributed by atoms with Crippen LogP contribution < -0.4 is 0 Å². The first-order chi connectivity index (χ1) is 2.41. The van der Waals surface area contributed by atoms with Gasteiger partial charge in [-0.3, -0.25) is 0 Å². The van der Waals surface area contributed by atoms with E-state index in [1.807, 2.05) is 19.1 Å². The van der Waals surface area contributed by atoms with E-state index < -0.39 is 0 Å². The molecule has 0 unspecified atom stereocenters. The maximum atomic E-state index is 3.26. The molecule has 0 aromatic heterocycles. The molecule has 0 heterocycles. The first kappa shape index (κ1) is 4.96. The average Bonchev–Trinajstić information content (AvgIpc) is 1.41. The molecule has 3 radical (unpaired) electrons. The summed E-state index contributed by atoms with van der Waals surface area (Å²) in [7, 11) is 3.26. The quantitative estimate of drug-likeness (QED) is 0.329. The van der Waals surface area contributed by atoms with Crippen molar-refractivity contribution in [2.75, 3.05) is 0 Å². The van der Waals surface area contributed by atoms with Crippen molar-refractivity contribution in [1.29, 1.82) is 0 Å². The van der Waals surface area contributed by atoms with Crippen LogP contribution in [-0.2, 0) is 0 Å². The van der Waals surface area contributed by atoms with E-state index in [0.29, 0.717) is 0 Å². The van der Waals surface area contributed by atoms with Gasteiger partial charge in [-0.15, -0.1) is 0 Å². The van der Waals surface area contributed by atoms with Crippen LogP contribution in [0.3, 0.4) is 0 Å². The highest BCUT2D eigenvalue weighted by Crippen LogP contribution is 1.70. The second-order valence-corrected chi connectivity index (χ2v) is 1.18. The summed E-state index contributed by atoms with van der Waals surface area (Å²) in [4.78, 5) is 0. The molecule has 1 heteroatoms. The Morgan fingerprint density at radius 3 is 2.40 bits per heavy atom. The molecule has 0 saturated carbocycles. The fraction of sp³-hybridized carbons (Fsp3) is 0.500. The Bertz CT molecular complexity index is 30.6. The van der Waals surface area contributed by atoms with E-state index >= 15 is 0 Å². The molecule has 0 N–H and O–H groups in total. The van der Waals surface area contributed by atoms with Crippen LogP contribution in [0.2, 0.25) is 6.04 Å². The van der Waals surface area contributed by atoms with Crippen LogP contribution >= 0.6 is 0 Å². The zero-order chi connectivity index (χ0) is 4.12. The Hall–Kier alpha value is -0.0431. The van der Waals surface area contributed by atoms with Crippen molar-refractivity contribution in [2.45, 2.75) is 13.0 Å². The normalized spacial score (nSPS) is 10.0. The van der Waals surface area contributed by atoms with Gasteiger partial charge in [0.15, 0.2) is 0 Å². The molecule has 0 nitrogen and oxygen atoms in total. The second kappa shape index (κ2) is 3.96. The molecule has 0 aliphatic rings. The van der Waals surface area contributed by atoms with Gasteiger partial charge in [0.2, 0.25) is 0 Å². The molecule has 0 aliphatic heterocycles. The van der Waals surface area contributed by atoms with Crippen molar-refractivity contribution in [1.82, 2.24) is 0 Å². The molecule has 0 aromatic rings. The van der Waals surface area contributed by atoms with Gasteiger partial charge >= 0.3 is 0 Å². The molecule has 0 saturated heterocycles. The summed E-state index contributed by atoms with van der Waals surface area (Å²) in [6.45, 7) is 2.00. The summed E-state index contributed by atoms with van der Waals surface area (Å²) in [5, 5.41) is 0.